The van der Waals surface area contributed by atoms with Crippen LogP contribution in [0.25, 0.3) is 0 Å². The van der Waals surface area contributed by atoms with E-state index in [1.165, 1.54) is 54.7 Å². The number of phenolic OH excluding ortho intramolecular Hbond substituents is 1. The van der Waals surface area contributed by atoms with Crippen LogP contribution in [0.4, 0.5) is 4.39 Å². The Morgan fingerprint density at radius 1 is 1.06 bits per heavy atom. The van der Waals surface area contributed by atoms with Gasteiger partial charge in [-0.2, -0.15) is 9.41 Å². The maximum atomic E-state index is 14.3. The molecule has 0 bridgehead atoms. The normalized spacial score (nSPS) is 11.8. The number of nitrogens with zero attached hydrogens (tertiary/aromatic N) is 2. The third-order valence-corrected chi connectivity index (χ3v) is 6.88. The maximum absolute atomic E-state index is 14.3. The number of hydrogen-bond donors (Lipinski definition) is 2. The Kier molecular flexibility index (Phi) is 8.04. The Morgan fingerprint density at radius 3 is 2.36 bits per heavy atom. The molecular weight excluding hydrogens is 492 g/mol. The van der Waals surface area contributed by atoms with E-state index < -0.39 is 34.8 Å². The van der Waals surface area contributed by atoms with Crippen molar-refractivity contribution in [2.45, 2.75) is 11.4 Å². The van der Waals surface area contributed by atoms with E-state index >= 15 is 0 Å². The average molecular weight is 510 g/mol. The molecule has 0 aliphatic carbocycles. The zero-order chi connectivity index (χ0) is 24.0. The highest BCUT2D eigenvalue weighted by atomic mass is 35.5. The van der Waals surface area contributed by atoms with Gasteiger partial charge < -0.3 is 5.11 Å². The number of nitrogens with one attached hydrogen (secondary N) is 1. The summed E-state index contributed by atoms with van der Waals surface area (Å²) in [4.78, 5) is 12.3. The Bertz CT molecular complexity index is 1250. The maximum Gasteiger partial charge on any atom is 0.255 e. The topological polar surface area (TPSA) is 99.1 Å². The van der Waals surface area contributed by atoms with E-state index in [-0.39, 0.29) is 21.2 Å². The number of rotatable bonds is 8. The van der Waals surface area contributed by atoms with Crippen LogP contribution in [0.15, 0.2) is 76.7 Å². The first kappa shape index (κ1) is 24.7. The summed E-state index contributed by atoms with van der Waals surface area (Å²) in [5.41, 5.74) is 2.76. The summed E-state index contributed by atoms with van der Waals surface area (Å²) in [6.45, 7) is -1.13. The first-order valence-electron chi connectivity index (χ1n) is 9.46. The van der Waals surface area contributed by atoms with Crippen molar-refractivity contribution in [1.29, 1.82) is 0 Å². The lowest BCUT2D eigenvalue weighted by Crippen LogP contribution is -2.39. The summed E-state index contributed by atoms with van der Waals surface area (Å²) >= 11 is 11.9. The lowest BCUT2D eigenvalue weighted by molar-refractivity contribution is -0.121. The molecule has 0 aliphatic rings. The van der Waals surface area contributed by atoms with E-state index in [0.717, 1.165) is 10.4 Å². The number of hydrogen-bond acceptors (Lipinski definition) is 5. The van der Waals surface area contributed by atoms with Crippen molar-refractivity contribution in [1.82, 2.24) is 9.73 Å². The highest BCUT2D eigenvalue weighted by molar-refractivity contribution is 7.89. The Morgan fingerprint density at radius 2 is 1.73 bits per heavy atom. The minimum Gasteiger partial charge on any atom is -0.508 e. The average Bonchev–Trinajstić information content (AvgIpc) is 2.77. The van der Waals surface area contributed by atoms with Crippen LogP contribution in [-0.2, 0) is 21.4 Å². The molecule has 0 aliphatic heterocycles. The number of carbonyl (C=O) groups is 1. The number of phenols is 1. The van der Waals surface area contributed by atoms with E-state index in [4.69, 9.17) is 23.2 Å². The quantitative estimate of drug-likeness (QED) is 0.351. The molecule has 3 aromatic carbocycles. The predicted molar refractivity (Wildman–Crippen MR) is 124 cm³/mol. The van der Waals surface area contributed by atoms with Crippen LogP contribution in [0.2, 0.25) is 10.0 Å². The van der Waals surface area contributed by atoms with Crippen LogP contribution < -0.4 is 5.43 Å². The van der Waals surface area contributed by atoms with Gasteiger partial charge in [0.2, 0.25) is 10.0 Å². The number of aromatic hydroxyl groups is 1. The highest BCUT2D eigenvalue weighted by Crippen LogP contribution is 2.25. The zero-order valence-corrected chi connectivity index (χ0v) is 19.3. The fourth-order valence-electron chi connectivity index (χ4n) is 2.78. The van der Waals surface area contributed by atoms with Crippen molar-refractivity contribution in [2.24, 2.45) is 5.10 Å². The van der Waals surface area contributed by atoms with Gasteiger partial charge in [0.1, 0.15) is 11.6 Å². The van der Waals surface area contributed by atoms with Crippen molar-refractivity contribution in [3.05, 3.63) is 93.7 Å². The molecule has 7 nitrogen and oxygen atoms in total. The zero-order valence-electron chi connectivity index (χ0n) is 17.0. The molecule has 3 rings (SSSR count). The van der Waals surface area contributed by atoms with Crippen molar-refractivity contribution < 1.29 is 22.7 Å². The van der Waals surface area contributed by atoms with Crippen LogP contribution in [0.5, 0.6) is 5.75 Å². The van der Waals surface area contributed by atoms with Crippen LogP contribution in [0, 0.1) is 5.82 Å². The molecule has 0 fully saturated rings. The minimum atomic E-state index is -4.22. The molecule has 0 radical (unpaired) electrons. The van der Waals surface area contributed by atoms with Crippen LogP contribution >= 0.6 is 23.2 Å². The largest absolute Gasteiger partial charge is 0.508 e. The van der Waals surface area contributed by atoms with Gasteiger partial charge >= 0.3 is 0 Å². The summed E-state index contributed by atoms with van der Waals surface area (Å²) in [6.07, 6.45) is 1.32. The summed E-state index contributed by atoms with van der Waals surface area (Å²) in [5, 5.41) is 13.4. The number of amides is 1. The third kappa shape index (κ3) is 6.52. The van der Waals surface area contributed by atoms with Gasteiger partial charge in [0.05, 0.1) is 17.7 Å². The SMILES string of the molecule is O=C(CN(Cc1c(F)cccc1Cl)S(=O)(=O)c1ccc(Cl)cc1)N/N=C\c1ccc(O)cc1. The van der Waals surface area contributed by atoms with Gasteiger partial charge in [0, 0.05) is 22.2 Å². The smallest absolute Gasteiger partial charge is 0.255 e. The number of hydrazone groups is 1. The Balaban J connectivity index is 1.84. The summed E-state index contributed by atoms with van der Waals surface area (Å²) in [6, 6.07) is 15.4. The monoisotopic (exact) mass is 509 g/mol. The third-order valence-electron chi connectivity index (χ3n) is 4.46. The summed E-state index contributed by atoms with van der Waals surface area (Å²) < 4.78 is 41.6. The van der Waals surface area contributed by atoms with E-state index in [9.17, 15) is 22.7 Å². The van der Waals surface area contributed by atoms with Crippen molar-refractivity contribution in [2.75, 3.05) is 6.54 Å². The van der Waals surface area contributed by atoms with Gasteiger partial charge in [-0.05, 0) is 66.2 Å². The molecule has 0 saturated heterocycles. The van der Waals surface area contributed by atoms with Gasteiger partial charge in [0.15, 0.2) is 0 Å². The standard InChI is InChI=1S/C22H18Cl2FN3O4S/c23-16-6-10-18(11-7-16)33(31,32)28(13-19-20(24)2-1-3-21(19)25)14-22(30)27-26-12-15-4-8-17(29)9-5-15/h1-12,29H,13-14H2,(H,27,30)/b26-12-. The molecule has 33 heavy (non-hydrogen) atoms. The molecule has 0 saturated carbocycles. The van der Waals surface area contributed by atoms with Crippen LogP contribution in [-0.4, -0.2) is 36.5 Å². The molecule has 3 aromatic rings. The number of benzene rings is 3. The van der Waals surface area contributed by atoms with Crippen LogP contribution in [0.1, 0.15) is 11.1 Å². The number of carbonyl (C=O) groups excluding carboxylic acids is 1. The number of sulfonamides is 1. The van der Waals surface area contributed by atoms with Gasteiger partial charge in [-0.15, -0.1) is 0 Å². The molecule has 2 N–H and O–H groups in total. The molecular formula is C22H18Cl2FN3O4S. The van der Waals surface area contributed by atoms with Gasteiger partial charge in [-0.3, -0.25) is 4.79 Å². The second kappa shape index (κ2) is 10.8. The Hall–Kier alpha value is -2.98. The minimum absolute atomic E-state index is 0.0251. The van der Waals surface area contributed by atoms with E-state index in [2.05, 4.69) is 10.5 Å². The van der Waals surface area contributed by atoms with Gasteiger partial charge in [-0.1, -0.05) is 29.3 Å². The number of halogens is 3. The molecule has 172 valence electrons. The highest BCUT2D eigenvalue weighted by Gasteiger charge is 2.28. The molecule has 0 atom stereocenters. The molecule has 0 spiro atoms. The van der Waals surface area contributed by atoms with Crippen molar-refractivity contribution in [3.63, 3.8) is 0 Å². The predicted octanol–water partition coefficient (Wildman–Crippen LogP) is 4.18. The van der Waals surface area contributed by atoms with E-state index in [1.807, 2.05) is 0 Å². The van der Waals surface area contributed by atoms with Gasteiger partial charge in [-0.25, -0.2) is 18.2 Å². The first-order valence-corrected chi connectivity index (χ1v) is 11.7. The first-order chi connectivity index (χ1) is 15.7. The Labute approximate surface area is 200 Å². The molecule has 11 heteroatoms. The van der Waals surface area contributed by atoms with Crippen molar-refractivity contribution in [3.8, 4) is 5.75 Å². The molecule has 0 unspecified atom stereocenters. The van der Waals surface area contributed by atoms with E-state index in [1.54, 1.807) is 12.1 Å². The second-order valence-electron chi connectivity index (χ2n) is 6.81. The lowest BCUT2D eigenvalue weighted by atomic mass is 10.2. The second-order valence-corrected chi connectivity index (χ2v) is 9.59. The molecule has 0 heterocycles. The molecule has 1 amide bonds. The fourth-order valence-corrected chi connectivity index (χ4v) is 4.49. The van der Waals surface area contributed by atoms with Crippen LogP contribution in [0.3, 0.4) is 0 Å². The lowest BCUT2D eigenvalue weighted by Gasteiger charge is -2.22. The van der Waals surface area contributed by atoms with E-state index in [0.29, 0.717) is 10.6 Å². The molecule has 0 aromatic heterocycles. The fraction of sp³-hybridized carbons (Fsp3) is 0.0909. The summed E-state index contributed by atoms with van der Waals surface area (Å²) in [5.74, 6) is -1.38. The summed E-state index contributed by atoms with van der Waals surface area (Å²) in [7, 11) is -4.22. The van der Waals surface area contributed by atoms with Crippen molar-refractivity contribution >= 4 is 45.3 Å². The van der Waals surface area contributed by atoms with Gasteiger partial charge in [0.25, 0.3) is 5.91 Å².